The van der Waals surface area contributed by atoms with Crippen molar-refractivity contribution in [2.45, 2.75) is 13.3 Å². The van der Waals surface area contributed by atoms with E-state index in [1.54, 1.807) is 6.07 Å². The highest BCUT2D eigenvalue weighted by atomic mass is 16.5. The van der Waals surface area contributed by atoms with Gasteiger partial charge in [0.25, 0.3) is 11.8 Å². The van der Waals surface area contributed by atoms with Gasteiger partial charge in [-0.3, -0.25) is 14.6 Å². The Bertz CT molecular complexity index is 1300. The summed E-state index contributed by atoms with van der Waals surface area (Å²) in [5.41, 5.74) is 8.24. The van der Waals surface area contributed by atoms with Crippen LogP contribution in [0.15, 0.2) is 79.0 Å². The molecule has 0 unspecified atom stereocenters. The summed E-state index contributed by atoms with van der Waals surface area (Å²) in [4.78, 5) is 28.0. The normalized spacial score (nSPS) is 10.7. The van der Waals surface area contributed by atoms with Crippen LogP contribution in [-0.4, -0.2) is 23.3 Å². The van der Waals surface area contributed by atoms with E-state index in [1.165, 1.54) is 12.3 Å². The molecule has 0 aliphatic carbocycles. The van der Waals surface area contributed by atoms with E-state index in [1.807, 2.05) is 67.6 Å². The van der Waals surface area contributed by atoms with E-state index in [-0.39, 0.29) is 11.6 Å². The molecule has 6 heteroatoms. The molecule has 4 aromatic rings. The average Bonchev–Trinajstić information content (AvgIpc) is 2.80. The summed E-state index contributed by atoms with van der Waals surface area (Å²) in [6, 6.07) is 22.5. The van der Waals surface area contributed by atoms with Crippen LogP contribution < -0.4 is 15.8 Å². The maximum Gasteiger partial charge on any atom is 0.267 e. The number of nitrogens with two attached hydrogens (primary N) is 1. The summed E-state index contributed by atoms with van der Waals surface area (Å²) < 4.78 is 5.83. The van der Waals surface area contributed by atoms with E-state index < -0.39 is 5.91 Å². The number of hydrogen-bond donors (Lipinski definition) is 2. The zero-order chi connectivity index (χ0) is 22.5. The molecular formula is C26H23N3O3. The van der Waals surface area contributed by atoms with Crippen molar-refractivity contribution in [1.29, 1.82) is 0 Å². The number of benzene rings is 3. The van der Waals surface area contributed by atoms with Gasteiger partial charge < -0.3 is 15.8 Å². The molecule has 1 heterocycles. The summed E-state index contributed by atoms with van der Waals surface area (Å²) in [5.74, 6) is 0.399. The summed E-state index contributed by atoms with van der Waals surface area (Å²) in [7, 11) is 0. The molecule has 0 bridgehead atoms. The monoisotopic (exact) mass is 425 g/mol. The van der Waals surface area contributed by atoms with Crippen molar-refractivity contribution in [3.8, 4) is 11.5 Å². The van der Waals surface area contributed by atoms with Crippen LogP contribution in [0.3, 0.4) is 0 Å². The van der Waals surface area contributed by atoms with E-state index in [9.17, 15) is 9.59 Å². The Morgan fingerprint density at radius 3 is 2.53 bits per heavy atom. The molecule has 3 N–H and O–H groups in total. The molecule has 0 spiro atoms. The third-order valence-electron chi connectivity index (χ3n) is 5.20. The second-order valence-electron chi connectivity index (χ2n) is 7.47. The van der Waals surface area contributed by atoms with Crippen molar-refractivity contribution in [2.24, 2.45) is 5.73 Å². The van der Waals surface area contributed by atoms with Gasteiger partial charge in [-0.05, 0) is 59.5 Å². The molecule has 160 valence electrons. The molecule has 1 aromatic heterocycles. The molecule has 4 rings (SSSR count). The number of hydrogen-bond acceptors (Lipinski definition) is 4. The minimum absolute atomic E-state index is 0.0932. The van der Waals surface area contributed by atoms with Crippen LogP contribution >= 0.6 is 0 Å². The molecule has 6 nitrogen and oxygen atoms in total. The number of pyridine rings is 1. The van der Waals surface area contributed by atoms with E-state index in [0.717, 1.165) is 21.9 Å². The molecule has 0 fully saturated rings. The number of carbonyl (C=O) groups excluding carboxylic acids is 2. The van der Waals surface area contributed by atoms with Gasteiger partial charge in [0.15, 0.2) is 0 Å². The van der Waals surface area contributed by atoms with Crippen LogP contribution in [0.2, 0.25) is 0 Å². The molecule has 0 aliphatic rings. The fourth-order valence-electron chi connectivity index (χ4n) is 3.57. The van der Waals surface area contributed by atoms with E-state index in [0.29, 0.717) is 30.0 Å². The van der Waals surface area contributed by atoms with Gasteiger partial charge >= 0.3 is 0 Å². The maximum absolute atomic E-state index is 12.8. The van der Waals surface area contributed by atoms with Gasteiger partial charge in [0.2, 0.25) is 0 Å². The fraction of sp³-hybridized carbons (Fsp3) is 0.115. The Hall–Kier alpha value is -4.19. The summed E-state index contributed by atoms with van der Waals surface area (Å²) in [6.45, 7) is 2.53. The number of primary amides is 1. The van der Waals surface area contributed by atoms with Crippen molar-refractivity contribution in [1.82, 2.24) is 10.3 Å². The van der Waals surface area contributed by atoms with Crippen LogP contribution in [0.4, 0.5) is 0 Å². The molecule has 32 heavy (non-hydrogen) atoms. The summed E-state index contributed by atoms with van der Waals surface area (Å²) in [5, 5.41) is 5.04. The largest absolute Gasteiger partial charge is 0.457 e. The van der Waals surface area contributed by atoms with Crippen molar-refractivity contribution in [2.75, 3.05) is 6.54 Å². The Kier molecular flexibility index (Phi) is 6.12. The van der Waals surface area contributed by atoms with Gasteiger partial charge in [0.1, 0.15) is 17.2 Å². The number of aromatic nitrogens is 1. The first kappa shape index (κ1) is 21.1. The summed E-state index contributed by atoms with van der Waals surface area (Å²) >= 11 is 0. The second-order valence-corrected chi connectivity index (χ2v) is 7.47. The van der Waals surface area contributed by atoms with Crippen LogP contribution in [0, 0.1) is 6.92 Å². The highest BCUT2D eigenvalue weighted by Crippen LogP contribution is 2.24. The number of nitrogens with one attached hydrogen (secondary N) is 1. The second kappa shape index (κ2) is 9.31. The third-order valence-corrected chi connectivity index (χ3v) is 5.20. The van der Waals surface area contributed by atoms with Gasteiger partial charge in [-0.15, -0.1) is 0 Å². The zero-order valence-corrected chi connectivity index (χ0v) is 17.7. The number of nitrogens with zero attached hydrogens (tertiary/aromatic N) is 1. The lowest BCUT2D eigenvalue weighted by Crippen LogP contribution is -2.25. The van der Waals surface area contributed by atoms with Crippen molar-refractivity contribution < 1.29 is 14.3 Å². The minimum atomic E-state index is -0.610. The van der Waals surface area contributed by atoms with Gasteiger partial charge in [0.05, 0.1) is 0 Å². The maximum atomic E-state index is 12.8. The summed E-state index contributed by atoms with van der Waals surface area (Å²) in [6.07, 6.45) is 2.12. The van der Waals surface area contributed by atoms with Crippen LogP contribution in [-0.2, 0) is 6.42 Å². The standard InChI is InChI=1S/C26H23N3O3/c1-17-9-10-23(22-8-3-2-7-21(17)22)26(31)29-13-11-18-5-4-6-19(15-18)32-20-12-14-28-24(16-20)25(27)30/h2-10,12,14-16H,11,13H2,1H3,(H2,27,30)(H,29,31). The molecular weight excluding hydrogens is 402 g/mol. The average molecular weight is 425 g/mol. The third kappa shape index (κ3) is 4.75. The first-order valence-corrected chi connectivity index (χ1v) is 10.3. The Balaban J connectivity index is 1.40. The number of amides is 2. The highest BCUT2D eigenvalue weighted by Gasteiger charge is 2.11. The fourth-order valence-corrected chi connectivity index (χ4v) is 3.57. The lowest BCUT2D eigenvalue weighted by atomic mass is 10.00. The molecule has 0 saturated carbocycles. The number of carbonyl (C=O) groups is 2. The van der Waals surface area contributed by atoms with Crippen molar-refractivity contribution in [3.63, 3.8) is 0 Å². The van der Waals surface area contributed by atoms with Crippen LogP contribution in [0.5, 0.6) is 11.5 Å². The van der Waals surface area contributed by atoms with E-state index in [2.05, 4.69) is 10.3 Å². The molecule has 0 atom stereocenters. The number of rotatable bonds is 7. The van der Waals surface area contributed by atoms with Crippen molar-refractivity contribution in [3.05, 3.63) is 101 Å². The topological polar surface area (TPSA) is 94.3 Å². The van der Waals surface area contributed by atoms with Crippen LogP contribution in [0.1, 0.15) is 32.0 Å². The highest BCUT2D eigenvalue weighted by molar-refractivity contribution is 6.07. The molecule has 2 amide bonds. The molecule has 0 aliphatic heterocycles. The van der Waals surface area contributed by atoms with Gasteiger partial charge in [-0.25, -0.2) is 0 Å². The predicted octanol–water partition coefficient (Wildman–Crippen LogP) is 4.41. The van der Waals surface area contributed by atoms with E-state index in [4.69, 9.17) is 10.5 Å². The Labute approximate surface area is 186 Å². The SMILES string of the molecule is Cc1ccc(C(=O)NCCc2cccc(Oc3ccnc(C(N)=O)c3)c2)c2ccccc12. The molecule has 0 radical (unpaired) electrons. The molecule has 3 aromatic carbocycles. The van der Waals surface area contributed by atoms with Crippen molar-refractivity contribution >= 4 is 22.6 Å². The minimum Gasteiger partial charge on any atom is -0.457 e. The Morgan fingerprint density at radius 1 is 0.938 bits per heavy atom. The smallest absolute Gasteiger partial charge is 0.267 e. The quantitative estimate of drug-likeness (QED) is 0.459. The van der Waals surface area contributed by atoms with Gasteiger partial charge in [-0.2, -0.15) is 0 Å². The molecule has 0 saturated heterocycles. The van der Waals surface area contributed by atoms with Crippen LogP contribution in [0.25, 0.3) is 10.8 Å². The Morgan fingerprint density at radius 2 is 1.72 bits per heavy atom. The van der Waals surface area contributed by atoms with Gasteiger partial charge in [0, 0.05) is 24.4 Å². The zero-order valence-electron chi connectivity index (χ0n) is 17.7. The lowest BCUT2D eigenvalue weighted by molar-refractivity contribution is 0.0954. The number of ether oxygens (including phenoxy) is 1. The van der Waals surface area contributed by atoms with Gasteiger partial charge in [-0.1, -0.05) is 42.5 Å². The number of aryl methyl sites for hydroxylation is 1. The lowest BCUT2D eigenvalue weighted by Gasteiger charge is -2.11. The van der Waals surface area contributed by atoms with E-state index >= 15 is 0 Å². The first-order chi connectivity index (χ1) is 15.5. The predicted molar refractivity (Wildman–Crippen MR) is 124 cm³/mol. The first-order valence-electron chi connectivity index (χ1n) is 10.3. The number of fused-ring (bicyclic) bond motifs is 1.